The molecule has 128 valence electrons. The highest BCUT2D eigenvalue weighted by molar-refractivity contribution is 5.92. The Morgan fingerprint density at radius 1 is 1.33 bits per heavy atom. The van der Waals surface area contributed by atoms with Crippen LogP contribution >= 0.6 is 0 Å². The summed E-state index contributed by atoms with van der Waals surface area (Å²) in [6.07, 6.45) is -0.713. The van der Waals surface area contributed by atoms with Crippen LogP contribution in [0.25, 0.3) is 5.82 Å². The van der Waals surface area contributed by atoms with Crippen molar-refractivity contribution in [2.24, 2.45) is 5.73 Å². The van der Waals surface area contributed by atoms with E-state index in [0.29, 0.717) is 19.3 Å². The molecule has 2 aromatic rings. The van der Waals surface area contributed by atoms with Gasteiger partial charge in [-0.05, 0) is 25.0 Å². The molecule has 0 aliphatic carbocycles. The van der Waals surface area contributed by atoms with Crippen molar-refractivity contribution in [2.75, 3.05) is 13.1 Å². The van der Waals surface area contributed by atoms with Crippen molar-refractivity contribution in [3.63, 3.8) is 0 Å². The first kappa shape index (κ1) is 16.4. The number of aromatic nitrogens is 4. The van der Waals surface area contributed by atoms with Crippen LogP contribution in [0.15, 0.2) is 24.5 Å². The highest BCUT2D eigenvalue weighted by Crippen LogP contribution is 2.28. The van der Waals surface area contributed by atoms with Gasteiger partial charge in [0.15, 0.2) is 11.5 Å². The van der Waals surface area contributed by atoms with Crippen molar-refractivity contribution in [1.29, 1.82) is 0 Å². The van der Waals surface area contributed by atoms with E-state index >= 15 is 0 Å². The number of rotatable bonds is 2. The Labute approximate surface area is 135 Å². The van der Waals surface area contributed by atoms with Gasteiger partial charge in [0.25, 0.3) is 5.91 Å². The fourth-order valence-corrected chi connectivity index (χ4v) is 2.52. The van der Waals surface area contributed by atoms with Crippen molar-refractivity contribution in [3.05, 3.63) is 35.8 Å². The average Bonchev–Trinajstić information content (AvgIpc) is 3.03. The molecule has 3 rings (SSSR count). The Balaban J connectivity index is 1.76. The van der Waals surface area contributed by atoms with Crippen LogP contribution in [0.5, 0.6) is 0 Å². The molecule has 0 saturated carbocycles. The molecular formula is C14H15F3N6O. The molecule has 1 amide bonds. The van der Waals surface area contributed by atoms with Crippen LogP contribution in [0.4, 0.5) is 13.2 Å². The van der Waals surface area contributed by atoms with Crippen LogP contribution < -0.4 is 5.73 Å². The number of likely N-dealkylation sites (tertiary alicyclic amines) is 1. The molecule has 0 radical (unpaired) electrons. The topological polar surface area (TPSA) is 89.9 Å². The number of amides is 1. The van der Waals surface area contributed by atoms with Gasteiger partial charge >= 0.3 is 6.18 Å². The highest BCUT2D eigenvalue weighted by atomic mass is 19.4. The average molecular weight is 340 g/mol. The van der Waals surface area contributed by atoms with Crippen LogP contribution in [0.1, 0.15) is 28.9 Å². The molecule has 1 atom stereocenters. The smallest absolute Gasteiger partial charge is 0.336 e. The number of nitrogens with two attached hydrogens (primary N) is 1. The molecule has 24 heavy (non-hydrogen) atoms. The van der Waals surface area contributed by atoms with Crippen molar-refractivity contribution in [1.82, 2.24) is 24.9 Å². The summed E-state index contributed by atoms with van der Waals surface area (Å²) >= 11 is 0. The van der Waals surface area contributed by atoms with Gasteiger partial charge in [-0.25, -0.2) is 9.67 Å². The number of carbonyl (C=O) groups excluding carboxylic acids is 1. The molecule has 0 aromatic carbocycles. The molecule has 10 heteroatoms. The minimum Gasteiger partial charge on any atom is -0.336 e. The Kier molecular flexibility index (Phi) is 4.22. The number of carbonyl (C=O) groups is 1. The van der Waals surface area contributed by atoms with E-state index in [1.807, 2.05) is 0 Å². The van der Waals surface area contributed by atoms with Gasteiger partial charge < -0.3 is 10.6 Å². The molecule has 3 heterocycles. The molecule has 1 fully saturated rings. The van der Waals surface area contributed by atoms with Gasteiger partial charge in [-0.2, -0.15) is 13.2 Å². The Morgan fingerprint density at radius 3 is 2.75 bits per heavy atom. The molecule has 1 aliphatic heterocycles. The molecule has 2 aromatic heterocycles. The third kappa shape index (κ3) is 3.37. The SMILES string of the molecule is NC1CCCN(C(=O)c2cn(-c3ccc(C(F)(F)F)cn3)nn2)C1. The molecular weight excluding hydrogens is 325 g/mol. The van der Waals surface area contributed by atoms with E-state index in [9.17, 15) is 18.0 Å². The maximum absolute atomic E-state index is 12.5. The molecule has 0 bridgehead atoms. The molecule has 7 nitrogen and oxygen atoms in total. The van der Waals surface area contributed by atoms with Crippen molar-refractivity contribution < 1.29 is 18.0 Å². The zero-order valence-electron chi connectivity index (χ0n) is 12.6. The fourth-order valence-electron chi connectivity index (χ4n) is 2.52. The zero-order valence-corrected chi connectivity index (χ0v) is 12.6. The second-order valence-corrected chi connectivity index (χ2v) is 5.60. The van der Waals surface area contributed by atoms with Crippen molar-refractivity contribution >= 4 is 5.91 Å². The quantitative estimate of drug-likeness (QED) is 0.888. The van der Waals surface area contributed by atoms with Gasteiger partial charge in [-0.15, -0.1) is 5.10 Å². The Hall–Kier alpha value is -2.49. The van der Waals surface area contributed by atoms with E-state index in [4.69, 9.17) is 5.73 Å². The standard InChI is InChI=1S/C14H15F3N6O/c15-14(16,17)9-3-4-12(19-6-9)23-8-11(20-21-23)13(24)22-5-1-2-10(18)7-22/h3-4,6,8,10H,1-2,5,7,18H2. The highest BCUT2D eigenvalue weighted by Gasteiger charge is 2.31. The van der Waals surface area contributed by atoms with Crippen LogP contribution in [-0.4, -0.2) is 49.9 Å². The summed E-state index contributed by atoms with van der Waals surface area (Å²) < 4.78 is 38.8. The lowest BCUT2D eigenvalue weighted by molar-refractivity contribution is -0.137. The molecule has 2 N–H and O–H groups in total. The zero-order chi connectivity index (χ0) is 17.3. The van der Waals surface area contributed by atoms with E-state index in [1.54, 1.807) is 4.90 Å². The second-order valence-electron chi connectivity index (χ2n) is 5.60. The lowest BCUT2D eigenvalue weighted by Crippen LogP contribution is -2.45. The van der Waals surface area contributed by atoms with Gasteiger partial charge in [-0.1, -0.05) is 5.21 Å². The maximum Gasteiger partial charge on any atom is 0.417 e. The van der Waals surface area contributed by atoms with E-state index in [1.165, 1.54) is 12.3 Å². The summed E-state index contributed by atoms with van der Waals surface area (Å²) in [5.74, 6) is -0.159. The molecule has 0 spiro atoms. The lowest BCUT2D eigenvalue weighted by Gasteiger charge is -2.29. The van der Waals surface area contributed by atoms with Gasteiger partial charge in [0.2, 0.25) is 0 Å². The van der Waals surface area contributed by atoms with E-state index in [2.05, 4.69) is 15.3 Å². The summed E-state index contributed by atoms with van der Waals surface area (Å²) in [5.41, 5.74) is 5.10. The number of hydrogen-bond acceptors (Lipinski definition) is 5. The number of piperidine rings is 1. The van der Waals surface area contributed by atoms with Crippen molar-refractivity contribution in [2.45, 2.75) is 25.1 Å². The van der Waals surface area contributed by atoms with Crippen LogP contribution in [-0.2, 0) is 6.18 Å². The molecule has 1 saturated heterocycles. The second kappa shape index (κ2) is 6.19. The Morgan fingerprint density at radius 2 is 2.12 bits per heavy atom. The van der Waals surface area contributed by atoms with E-state index in [-0.39, 0.29) is 23.5 Å². The largest absolute Gasteiger partial charge is 0.417 e. The third-order valence-corrected chi connectivity index (χ3v) is 3.77. The maximum atomic E-state index is 12.5. The summed E-state index contributed by atoms with van der Waals surface area (Å²) in [6, 6.07) is 2.01. The predicted octanol–water partition coefficient (Wildman–Crippen LogP) is 1.24. The summed E-state index contributed by atoms with van der Waals surface area (Å²) in [4.78, 5) is 17.7. The first-order chi connectivity index (χ1) is 11.3. The first-order valence-corrected chi connectivity index (χ1v) is 7.35. The summed E-state index contributed by atoms with van der Waals surface area (Å²) in [6.45, 7) is 1.04. The summed E-state index contributed by atoms with van der Waals surface area (Å²) in [5, 5.41) is 7.54. The Bertz CT molecular complexity index is 727. The number of hydrogen-bond donors (Lipinski definition) is 1. The van der Waals surface area contributed by atoms with E-state index in [0.717, 1.165) is 23.6 Å². The number of pyridine rings is 1. The van der Waals surface area contributed by atoms with Gasteiger partial charge in [0.1, 0.15) is 0 Å². The summed E-state index contributed by atoms with van der Waals surface area (Å²) in [7, 11) is 0. The lowest BCUT2D eigenvalue weighted by atomic mass is 10.1. The number of halogens is 3. The monoisotopic (exact) mass is 340 g/mol. The van der Waals surface area contributed by atoms with E-state index < -0.39 is 11.7 Å². The normalized spacial score (nSPS) is 18.7. The predicted molar refractivity (Wildman–Crippen MR) is 77.3 cm³/mol. The van der Waals surface area contributed by atoms with Crippen LogP contribution in [0, 0.1) is 0 Å². The molecule has 1 unspecified atom stereocenters. The first-order valence-electron chi connectivity index (χ1n) is 7.35. The third-order valence-electron chi connectivity index (χ3n) is 3.77. The van der Waals surface area contributed by atoms with Gasteiger partial charge in [0, 0.05) is 25.3 Å². The minimum atomic E-state index is -4.46. The van der Waals surface area contributed by atoms with Crippen LogP contribution in [0.2, 0.25) is 0 Å². The van der Waals surface area contributed by atoms with Gasteiger partial charge in [0.05, 0.1) is 11.8 Å². The van der Waals surface area contributed by atoms with Crippen molar-refractivity contribution in [3.8, 4) is 5.82 Å². The minimum absolute atomic E-state index is 0.0608. The van der Waals surface area contributed by atoms with Gasteiger partial charge in [-0.3, -0.25) is 4.79 Å². The number of nitrogens with zero attached hydrogens (tertiary/aromatic N) is 5. The fraction of sp³-hybridized carbons (Fsp3) is 0.429. The molecule has 1 aliphatic rings. The number of alkyl halides is 3. The van der Waals surface area contributed by atoms with Crippen LogP contribution in [0.3, 0.4) is 0 Å².